The van der Waals surface area contributed by atoms with E-state index in [-0.39, 0.29) is 0 Å². The Morgan fingerprint density at radius 3 is 1.73 bits per heavy atom. The minimum atomic E-state index is -0.391. The van der Waals surface area contributed by atoms with Crippen LogP contribution in [0.15, 0.2) is 231 Å². The lowest BCUT2D eigenvalue weighted by Crippen LogP contribution is -2.32. The quantitative estimate of drug-likeness (QED) is 0.155. The first-order valence-corrected chi connectivity index (χ1v) is 21.9. The second-order valence-electron chi connectivity index (χ2n) is 17.3. The largest absolute Gasteiger partial charge is 0.309 e. The van der Waals surface area contributed by atoms with Crippen LogP contribution in [0.4, 0.5) is 34.1 Å². The lowest BCUT2D eigenvalue weighted by Gasteiger charge is -2.45. The van der Waals surface area contributed by atoms with Gasteiger partial charge in [-0.15, -0.1) is 0 Å². The number of anilines is 6. The van der Waals surface area contributed by atoms with Crippen molar-refractivity contribution in [1.82, 2.24) is 0 Å². The van der Waals surface area contributed by atoms with Gasteiger partial charge in [0.15, 0.2) is 0 Å². The number of rotatable bonds is 6. The van der Waals surface area contributed by atoms with Gasteiger partial charge in [-0.3, -0.25) is 0 Å². The minimum Gasteiger partial charge on any atom is -0.309 e. The van der Waals surface area contributed by atoms with Crippen LogP contribution in [0.5, 0.6) is 0 Å². The summed E-state index contributed by atoms with van der Waals surface area (Å²) in [6.45, 7) is 4.82. The smallest absolute Gasteiger partial charge is 0.0618 e. The second-order valence-corrected chi connectivity index (χ2v) is 17.3. The van der Waals surface area contributed by atoms with Gasteiger partial charge >= 0.3 is 0 Å². The van der Waals surface area contributed by atoms with E-state index in [2.05, 4.69) is 254 Å². The van der Waals surface area contributed by atoms with Crippen LogP contribution in [0.3, 0.4) is 0 Å². The summed E-state index contributed by atoms with van der Waals surface area (Å²) in [5.74, 6) is 0. The zero-order valence-electron chi connectivity index (χ0n) is 35.3. The maximum absolute atomic E-state index is 2.58. The van der Waals surface area contributed by atoms with E-state index in [4.69, 9.17) is 0 Å². The molecule has 0 atom stereocenters. The van der Waals surface area contributed by atoms with Gasteiger partial charge < -0.3 is 9.80 Å². The lowest BCUT2D eigenvalue weighted by molar-refractivity contribution is 0.632. The molecular formula is C61H44N2. The van der Waals surface area contributed by atoms with Crippen molar-refractivity contribution in [2.24, 2.45) is 0 Å². The molecule has 1 aliphatic rings. The van der Waals surface area contributed by atoms with Gasteiger partial charge in [0.1, 0.15) is 0 Å². The average molecular weight is 805 g/mol. The molecule has 0 aliphatic carbocycles. The summed E-state index contributed by atoms with van der Waals surface area (Å²) < 4.78 is 0. The lowest BCUT2D eigenvalue weighted by atomic mass is 9.72. The van der Waals surface area contributed by atoms with Crippen molar-refractivity contribution in [2.45, 2.75) is 19.3 Å². The van der Waals surface area contributed by atoms with Gasteiger partial charge in [0.25, 0.3) is 0 Å². The van der Waals surface area contributed by atoms with Crippen LogP contribution in [0.2, 0.25) is 0 Å². The number of hydrogen-bond acceptors (Lipinski definition) is 2. The SMILES string of the molecule is CC1(C)c2ccccc2N(c2c(-c3cccc4ccccc34)ccc3ccccc23)c2cccc(N(c3ccc(-c4ccccc4)cc3)c3cc4ccccc4c4ccccc34)c21. The molecule has 0 saturated carbocycles. The molecule has 1 heterocycles. The molecule has 12 rings (SSSR count). The van der Waals surface area contributed by atoms with Gasteiger partial charge in [0.05, 0.1) is 28.4 Å². The van der Waals surface area contributed by atoms with Gasteiger partial charge in [0.2, 0.25) is 0 Å². The van der Waals surface area contributed by atoms with E-state index in [9.17, 15) is 0 Å². The van der Waals surface area contributed by atoms with Crippen molar-refractivity contribution >= 4 is 77.2 Å². The summed E-state index contributed by atoms with van der Waals surface area (Å²) in [7, 11) is 0. The molecule has 0 saturated heterocycles. The van der Waals surface area contributed by atoms with E-state index >= 15 is 0 Å². The van der Waals surface area contributed by atoms with Crippen molar-refractivity contribution in [1.29, 1.82) is 0 Å². The fraction of sp³-hybridized carbons (Fsp3) is 0.0492. The van der Waals surface area contributed by atoms with Crippen LogP contribution >= 0.6 is 0 Å². The summed E-state index contributed by atoms with van der Waals surface area (Å²) in [5.41, 5.74) is 13.9. The number of benzene rings is 11. The summed E-state index contributed by atoms with van der Waals surface area (Å²) in [6.07, 6.45) is 0. The maximum atomic E-state index is 2.58. The van der Waals surface area contributed by atoms with Gasteiger partial charge in [0, 0.05) is 33.0 Å². The van der Waals surface area contributed by atoms with Crippen molar-refractivity contribution < 1.29 is 0 Å². The summed E-state index contributed by atoms with van der Waals surface area (Å²) in [5, 5.41) is 9.80. The summed E-state index contributed by atoms with van der Waals surface area (Å²) in [6, 6.07) is 84.9. The third-order valence-electron chi connectivity index (χ3n) is 13.4. The molecule has 298 valence electrons. The Bertz CT molecular complexity index is 3540. The van der Waals surface area contributed by atoms with Crippen LogP contribution < -0.4 is 9.80 Å². The average Bonchev–Trinajstić information content (AvgIpc) is 3.34. The molecule has 0 radical (unpaired) electrons. The van der Waals surface area contributed by atoms with Crippen molar-refractivity contribution in [3.63, 3.8) is 0 Å². The van der Waals surface area contributed by atoms with Gasteiger partial charge in [-0.2, -0.15) is 0 Å². The molecule has 0 aromatic heterocycles. The summed E-state index contributed by atoms with van der Waals surface area (Å²) >= 11 is 0. The van der Waals surface area contributed by atoms with Crippen LogP contribution in [0.1, 0.15) is 25.0 Å². The van der Waals surface area contributed by atoms with Gasteiger partial charge in [-0.1, -0.05) is 208 Å². The van der Waals surface area contributed by atoms with Gasteiger partial charge in [-0.25, -0.2) is 0 Å². The zero-order valence-corrected chi connectivity index (χ0v) is 35.3. The number of fused-ring (bicyclic) bond motifs is 7. The number of hydrogen-bond donors (Lipinski definition) is 0. The Morgan fingerprint density at radius 2 is 0.937 bits per heavy atom. The molecule has 11 aromatic carbocycles. The molecule has 11 aromatic rings. The molecule has 0 amide bonds. The maximum Gasteiger partial charge on any atom is 0.0618 e. The molecule has 0 fully saturated rings. The number of para-hydroxylation sites is 1. The van der Waals surface area contributed by atoms with Crippen LogP contribution in [0.25, 0.3) is 65.3 Å². The standard InChI is InChI=1S/C61H44N2/c1-61(2)54-30-14-15-31-55(54)63(60-49-26-11-7-21-44(49)36-39-53(60)51-29-16-23-43-20-6-9-24-47(43)51)57-33-17-32-56(59(57)61)62(46-37-34-42(35-38-46)41-18-4-3-5-19-41)58-40-45-22-8-10-25-48(45)50-27-12-13-28-52(50)58/h3-40H,1-2H3. The normalized spacial score (nSPS) is 13.0. The van der Waals surface area contributed by atoms with Crippen molar-refractivity contribution in [2.75, 3.05) is 9.80 Å². The van der Waals surface area contributed by atoms with E-state index in [1.807, 2.05) is 0 Å². The first kappa shape index (κ1) is 36.9. The Labute approximate surface area is 368 Å². The molecule has 2 nitrogen and oxygen atoms in total. The van der Waals surface area contributed by atoms with E-state index in [1.54, 1.807) is 0 Å². The molecule has 0 N–H and O–H groups in total. The van der Waals surface area contributed by atoms with Crippen molar-refractivity contribution in [3.05, 3.63) is 242 Å². The van der Waals surface area contributed by atoms with E-state index in [1.165, 1.54) is 93.5 Å². The van der Waals surface area contributed by atoms with E-state index in [0.29, 0.717) is 0 Å². The fourth-order valence-electron chi connectivity index (χ4n) is 10.5. The fourth-order valence-corrected chi connectivity index (χ4v) is 10.5. The molecule has 1 aliphatic heterocycles. The predicted molar refractivity (Wildman–Crippen MR) is 269 cm³/mol. The zero-order chi connectivity index (χ0) is 42.1. The monoisotopic (exact) mass is 804 g/mol. The third kappa shape index (κ3) is 5.86. The first-order valence-electron chi connectivity index (χ1n) is 21.9. The minimum absolute atomic E-state index is 0.391. The van der Waals surface area contributed by atoms with Crippen LogP contribution in [0, 0.1) is 0 Å². The highest BCUT2D eigenvalue weighted by Gasteiger charge is 2.41. The molecule has 0 unspecified atom stereocenters. The third-order valence-corrected chi connectivity index (χ3v) is 13.4. The molecule has 2 heteroatoms. The Morgan fingerprint density at radius 1 is 0.365 bits per heavy atom. The van der Waals surface area contributed by atoms with Crippen LogP contribution in [-0.2, 0) is 5.41 Å². The predicted octanol–water partition coefficient (Wildman–Crippen LogP) is 17.2. The Balaban J connectivity index is 1.18. The molecular weight excluding hydrogens is 761 g/mol. The molecule has 0 spiro atoms. The second kappa shape index (κ2) is 14.6. The Kier molecular flexibility index (Phi) is 8.55. The molecule has 0 bridgehead atoms. The van der Waals surface area contributed by atoms with Crippen molar-refractivity contribution in [3.8, 4) is 22.3 Å². The number of nitrogens with zero attached hydrogens (tertiary/aromatic N) is 2. The van der Waals surface area contributed by atoms with E-state index in [0.717, 1.165) is 17.1 Å². The summed E-state index contributed by atoms with van der Waals surface area (Å²) in [4.78, 5) is 5.11. The Hall–Kier alpha value is -7.94. The topological polar surface area (TPSA) is 6.48 Å². The molecule has 63 heavy (non-hydrogen) atoms. The first-order chi connectivity index (χ1) is 31.0. The highest BCUT2D eigenvalue weighted by molar-refractivity contribution is 6.16. The van der Waals surface area contributed by atoms with Gasteiger partial charge in [-0.05, 0) is 91.0 Å². The highest BCUT2D eigenvalue weighted by Crippen LogP contribution is 2.59. The van der Waals surface area contributed by atoms with E-state index < -0.39 is 5.41 Å². The highest BCUT2D eigenvalue weighted by atomic mass is 15.2. The van der Waals surface area contributed by atoms with Crippen LogP contribution in [-0.4, -0.2) is 0 Å².